The van der Waals surface area contributed by atoms with E-state index in [2.05, 4.69) is 19.2 Å². The fourth-order valence-electron chi connectivity index (χ4n) is 10.2. The second kappa shape index (κ2) is 14.3. The second-order valence-electron chi connectivity index (χ2n) is 17.1. The Balaban J connectivity index is 1.21. The van der Waals surface area contributed by atoms with Gasteiger partial charge in [-0.05, 0) is 67.6 Å². The number of hydrogen-bond donors (Lipinski definition) is 1. The highest BCUT2D eigenvalue weighted by atomic mass is 32.2. The van der Waals surface area contributed by atoms with Crippen LogP contribution < -0.4 is 5.32 Å². The molecule has 0 spiro atoms. The van der Waals surface area contributed by atoms with Crippen LogP contribution in [0.3, 0.4) is 0 Å². The molecule has 0 unspecified atom stereocenters. The van der Waals surface area contributed by atoms with Gasteiger partial charge in [0.1, 0.15) is 5.78 Å². The minimum Gasteiger partial charge on any atom is -0.347 e. The summed E-state index contributed by atoms with van der Waals surface area (Å²) in [6.07, 6.45) is 14.8. The molecule has 0 radical (unpaired) electrons. The number of nitrogens with one attached hydrogen (secondary N) is 1. The predicted molar refractivity (Wildman–Crippen MR) is 183 cm³/mol. The summed E-state index contributed by atoms with van der Waals surface area (Å²) in [7, 11) is -3.17. The predicted octanol–water partition coefficient (Wildman–Crippen LogP) is 5.52. The fraction of sp³-hybridized carbons (Fsp3) is 0.868. The number of ketones is 3. The molecule has 10 heteroatoms. The third kappa shape index (κ3) is 7.48. The lowest BCUT2D eigenvalue weighted by Crippen LogP contribution is -2.52. The van der Waals surface area contributed by atoms with Gasteiger partial charge in [0.15, 0.2) is 15.6 Å². The molecule has 268 valence electrons. The minimum absolute atomic E-state index is 0.00885. The lowest BCUT2D eigenvalue weighted by atomic mass is 9.67. The molecule has 1 N–H and O–H groups in total. The summed E-state index contributed by atoms with van der Waals surface area (Å²) in [6.45, 7) is 4.76. The zero-order valence-electron chi connectivity index (χ0n) is 29.3. The monoisotopic (exact) mass is 686 g/mol. The number of carbonyl (C=O) groups is 5. The van der Waals surface area contributed by atoms with Crippen molar-refractivity contribution in [2.24, 2.45) is 34.5 Å². The molecule has 0 aromatic carbocycles. The van der Waals surface area contributed by atoms with Crippen LogP contribution in [0.1, 0.15) is 142 Å². The van der Waals surface area contributed by atoms with E-state index < -0.39 is 50.1 Å². The Morgan fingerprint density at radius 3 is 2.06 bits per heavy atom. The van der Waals surface area contributed by atoms with Crippen LogP contribution in [0.25, 0.3) is 0 Å². The average molecular weight is 687 g/mol. The van der Waals surface area contributed by atoms with E-state index in [1.54, 1.807) is 4.90 Å². The molecule has 3 heterocycles. The van der Waals surface area contributed by atoms with E-state index in [0.717, 1.165) is 89.9 Å². The molecule has 3 aliphatic heterocycles. The van der Waals surface area contributed by atoms with Crippen LogP contribution in [-0.2, 0) is 33.8 Å². The number of fused-ring (bicyclic) bond motifs is 3. The van der Waals surface area contributed by atoms with Crippen molar-refractivity contribution >= 4 is 39.0 Å². The van der Waals surface area contributed by atoms with E-state index in [4.69, 9.17) is 0 Å². The maximum atomic E-state index is 14.5. The Morgan fingerprint density at radius 1 is 0.833 bits per heavy atom. The Hall–Kier alpha value is -2.10. The van der Waals surface area contributed by atoms with Gasteiger partial charge in [-0.3, -0.25) is 24.0 Å². The molecule has 6 fully saturated rings. The number of piperidine rings is 1. The lowest BCUT2D eigenvalue weighted by molar-refractivity contribution is -0.146. The third-order valence-corrected chi connectivity index (χ3v) is 15.8. The van der Waals surface area contributed by atoms with E-state index in [1.165, 1.54) is 0 Å². The summed E-state index contributed by atoms with van der Waals surface area (Å²) >= 11 is 0. The lowest BCUT2D eigenvalue weighted by Gasteiger charge is -2.47. The Labute approximate surface area is 287 Å². The first-order valence-electron chi connectivity index (χ1n) is 19.3. The second-order valence-corrected chi connectivity index (χ2v) is 19.4. The van der Waals surface area contributed by atoms with Crippen molar-refractivity contribution in [1.82, 2.24) is 10.2 Å². The topological polar surface area (TPSA) is 135 Å². The SMILES string of the molecule is CC1(C)[C@@H]2[C@H]3C(=O)C[C@H](C(=O)C(=O)NC4CC4)CCCCCCCCC[C@H](CC(=O)CC4([C@@H]5CCS5(=O)=O)CCCCC4)C(=O)N3C[C@@H]21. The fourth-order valence-corrected chi connectivity index (χ4v) is 12.1. The summed E-state index contributed by atoms with van der Waals surface area (Å²) in [4.78, 5) is 70.6. The molecule has 6 atom stereocenters. The van der Waals surface area contributed by atoms with E-state index in [-0.39, 0.29) is 65.8 Å². The first-order valence-corrected chi connectivity index (χ1v) is 21.0. The van der Waals surface area contributed by atoms with Crippen LogP contribution in [-0.4, -0.2) is 72.1 Å². The van der Waals surface area contributed by atoms with Crippen LogP contribution in [0, 0.1) is 34.5 Å². The molecule has 3 saturated heterocycles. The maximum absolute atomic E-state index is 14.5. The van der Waals surface area contributed by atoms with Crippen molar-refractivity contribution in [2.45, 2.75) is 160 Å². The summed E-state index contributed by atoms with van der Waals surface area (Å²) in [5.41, 5.74) is -0.605. The molecule has 48 heavy (non-hydrogen) atoms. The largest absolute Gasteiger partial charge is 0.347 e. The summed E-state index contributed by atoms with van der Waals surface area (Å²) < 4.78 is 25.6. The standard InChI is InChI=1S/C38H58N2O7S/c1-37(2)29-24-40-33(32(29)37)30(42)22-25(34(43)35(44)39-27-15-16-27)13-9-6-4-3-5-7-10-14-26(36(40)45)21-28(41)23-38(18-11-8-12-19-38)31-17-20-48(31,46)47/h25-27,29,31-33H,3-24H2,1-2H3,(H,39,44)/t25-,26-,29+,31+,32+,33-/m1/s1. The van der Waals surface area contributed by atoms with Crippen molar-refractivity contribution in [3.8, 4) is 0 Å². The first-order chi connectivity index (χ1) is 22.8. The van der Waals surface area contributed by atoms with Gasteiger partial charge in [-0.2, -0.15) is 0 Å². The Kier molecular flexibility index (Phi) is 10.6. The number of nitrogens with zero attached hydrogens (tertiary/aromatic N) is 1. The van der Waals surface area contributed by atoms with Gasteiger partial charge < -0.3 is 10.2 Å². The number of hydrogen-bond acceptors (Lipinski definition) is 7. The van der Waals surface area contributed by atoms with Gasteiger partial charge in [0.25, 0.3) is 5.91 Å². The van der Waals surface area contributed by atoms with Gasteiger partial charge in [0, 0.05) is 43.7 Å². The van der Waals surface area contributed by atoms with E-state index in [1.807, 2.05) is 0 Å². The van der Waals surface area contributed by atoms with Crippen molar-refractivity contribution in [1.29, 1.82) is 0 Å². The zero-order valence-corrected chi connectivity index (χ0v) is 30.1. The molecular formula is C38H58N2O7S. The number of Topliss-reactive ketones (excluding diaryl/α,β-unsaturated/α-hetero) is 3. The highest BCUT2D eigenvalue weighted by Crippen LogP contribution is 2.65. The van der Waals surface area contributed by atoms with Gasteiger partial charge in [0.2, 0.25) is 11.7 Å². The first kappa shape index (κ1) is 35.7. The summed E-state index contributed by atoms with van der Waals surface area (Å²) in [5, 5.41) is 2.37. The zero-order chi connectivity index (χ0) is 34.3. The molecule has 6 aliphatic rings. The van der Waals surface area contributed by atoms with Crippen LogP contribution in [0.4, 0.5) is 0 Å². The normalized spacial score (nSPS) is 35.1. The maximum Gasteiger partial charge on any atom is 0.287 e. The molecule has 0 bridgehead atoms. The van der Waals surface area contributed by atoms with Gasteiger partial charge in [-0.1, -0.05) is 78.1 Å². The summed E-state index contributed by atoms with van der Waals surface area (Å²) in [6, 6.07) is -0.584. The van der Waals surface area contributed by atoms with Crippen LogP contribution in [0.15, 0.2) is 0 Å². The average Bonchev–Trinajstić information content (AvgIpc) is 3.88. The molecule has 0 aromatic rings. The van der Waals surface area contributed by atoms with Crippen molar-refractivity contribution in [3.05, 3.63) is 0 Å². The smallest absolute Gasteiger partial charge is 0.287 e. The number of sulfone groups is 1. The molecule has 0 aromatic heterocycles. The van der Waals surface area contributed by atoms with Crippen molar-refractivity contribution in [2.75, 3.05) is 12.3 Å². The van der Waals surface area contributed by atoms with Gasteiger partial charge in [-0.25, -0.2) is 8.42 Å². The van der Waals surface area contributed by atoms with Gasteiger partial charge in [-0.15, -0.1) is 0 Å². The summed E-state index contributed by atoms with van der Waals surface area (Å²) in [5.74, 6) is -2.21. The molecule has 9 nitrogen and oxygen atoms in total. The van der Waals surface area contributed by atoms with Crippen LogP contribution >= 0.6 is 0 Å². The molecular weight excluding hydrogens is 628 g/mol. The van der Waals surface area contributed by atoms with Crippen molar-refractivity contribution < 1.29 is 32.4 Å². The minimum atomic E-state index is -3.17. The highest BCUT2D eigenvalue weighted by Gasteiger charge is 2.69. The van der Waals surface area contributed by atoms with Gasteiger partial charge in [0.05, 0.1) is 17.0 Å². The molecule has 3 saturated carbocycles. The highest BCUT2D eigenvalue weighted by molar-refractivity contribution is 7.93. The molecule has 2 amide bonds. The van der Waals surface area contributed by atoms with Gasteiger partial charge >= 0.3 is 0 Å². The molecule has 3 aliphatic carbocycles. The van der Waals surface area contributed by atoms with Crippen LogP contribution in [0.5, 0.6) is 0 Å². The number of rotatable bonds is 8. The molecule has 6 rings (SSSR count). The Morgan fingerprint density at radius 2 is 1.46 bits per heavy atom. The number of carbonyl (C=O) groups excluding carboxylic acids is 5. The van der Waals surface area contributed by atoms with E-state index in [9.17, 15) is 32.4 Å². The van der Waals surface area contributed by atoms with Crippen molar-refractivity contribution in [3.63, 3.8) is 0 Å². The third-order valence-electron chi connectivity index (χ3n) is 13.4. The van der Waals surface area contributed by atoms with E-state index >= 15 is 0 Å². The van der Waals surface area contributed by atoms with Crippen LogP contribution in [0.2, 0.25) is 0 Å². The quantitative estimate of drug-likeness (QED) is 0.332. The van der Waals surface area contributed by atoms with E-state index in [0.29, 0.717) is 25.8 Å². The number of amides is 2. The Bertz CT molecular complexity index is 1380.